The number of rotatable bonds is 6. The lowest BCUT2D eigenvalue weighted by Crippen LogP contribution is -2.10. The fraction of sp³-hybridized carbons (Fsp3) is 0.500. The third-order valence-corrected chi connectivity index (χ3v) is 4.23. The minimum Gasteiger partial charge on any atom is -0.381 e. The Morgan fingerprint density at radius 3 is 2.88 bits per heavy atom. The van der Waals surface area contributed by atoms with E-state index in [9.17, 15) is 0 Å². The van der Waals surface area contributed by atoms with E-state index >= 15 is 0 Å². The molecule has 6 heteroatoms. The summed E-state index contributed by atoms with van der Waals surface area (Å²) in [5.41, 5.74) is 4.45. The Balaban J connectivity index is 1.78. The van der Waals surface area contributed by atoms with E-state index in [1.54, 1.807) is 7.11 Å². The van der Waals surface area contributed by atoms with Crippen molar-refractivity contribution in [3.8, 4) is 0 Å². The first-order valence-electron chi connectivity index (χ1n) is 8.26. The SMILES string of the molecule is COCc1nc(NCc2cnc(C)cc2C)cc([C@@H]2CCOC2)n1. The molecule has 0 spiro atoms. The van der Waals surface area contributed by atoms with Crippen LogP contribution in [-0.2, 0) is 22.6 Å². The predicted molar refractivity (Wildman–Crippen MR) is 92.0 cm³/mol. The van der Waals surface area contributed by atoms with Gasteiger partial charge < -0.3 is 14.8 Å². The van der Waals surface area contributed by atoms with Crippen LogP contribution in [0, 0.1) is 13.8 Å². The van der Waals surface area contributed by atoms with Gasteiger partial charge in [0.05, 0.1) is 12.3 Å². The smallest absolute Gasteiger partial charge is 0.156 e. The molecule has 1 atom stereocenters. The highest BCUT2D eigenvalue weighted by atomic mass is 16.5. The van der Waals surface area contributed by atoms with Gasteiger partial charge in [0, 0.05) is 44.1 Å². The van der Waals surface area contributed by atoms with Crippen molar-refractivity contribution in [1.29, 1.82) is 0 Å². The van der Waals surface area contributed by atoms with Gasteiger partial charge in [-0.15, -0.1) is 0 Å². The first kappa shape index (κ1) is 16.8. The van der Waals surface area contributed by atoms with Crippen LogP contribution in [0.4, 0.5) is 5.82 Å². The van der Waals surface area contributed by atoms with Gasteiger partial charge in [-0.2, -0.15) is 0 Å². The van der Waals surface area contributed by atoms with Crippen LogP contribution >= 0.6 is 0 Å². The Bertz CT molecular complexity index is 699. The van der Waals surface area contributed by atoms with Gasteiger partial charge in [-0.25, -0.2) is 9.97 Å². The molecule has 0 aliphatic carbocycles. The largest absolute Gasteiger partial charge is 0.381 e. The highest BCUT2D eigenvalue weighted by Crippen LogP contribution is 2.25. The normalized spacial score (nSPS) is 17.2. The average Bonchev–Trinajstić information content (AvgIpc) is 3.09. The summed E-state index contributed by atoms with van der Waals surface area (Å²) in [5.74, 6) is 1.86. The molecule has 1 aliphatic heterocycles. The van der Waals surface area contributed by atoms with Crippen LogP contribution in [-0.4, -0.2) is 35.3 Å². The average molecular weight is 328 g/mol. The topological polar surface area (TPSA) is 69.2 Å². The Hall–Kier alpha value is -2.05. The molecule has 0 bridgehead atoms. The lowest BCUT2D eigenvalue weighted by molar-refractivity contribution is 0.177. The second-order valence-electron chi connectivity index (χ2n) is 6.19. The van der Waals surface area contributed by atoms with Crippen LogP contribution in [0.3, 0.4) is 0 Å². The minimum absolute atomic E-state index is 0.340. The molecular formula is C18H24N4O2. The lowest BCUT2D eigenvalue weighted by atomic mass is 10.0. The number of ether oxygens (including phenoxy) is 2. The highest BCUT2D eigenvalue weighted by molar-refractivity contribution is 5.39. The van der Waals surface area contributed by atoms with Crippen molar-refractivity contribution in [2.75, 3.05) is 25.6 Å². The molecule has 3 heterocycles. The second kappa shape index (κ2) is 7.68. The standard InChI is InChI=1S/C18H24N4O2/c1-12-6-13(2)19-8-15(12)9-20-17-7-16(14-4-5-24-10-14)21-18(22-17)11-23-3/h6-8,14H,4-5,9-11H2,1-3H3,(H,20,21,22)/t14-/m1/s1. The predicted octanol–water partition coefficient (Wildman–Crippen LogP) is 2.75. The summed E-state index contributed by atoms with van der Waals surface area (Å²) in [6.45, 7) is 6.71. The summed E-state index contributed by atoms with van der Waals surface area (Å²) < 4.78 is 10.7. The number of aryl methyl sites for hydroxylation is 2. The molecule has 0 radical (unpaired) electrons. The maximum atomic E-state index is 5.49. The van der Waals surface area contributed by atoms with Crippen molar-refractivity contribution < 1.29 is 9.47 Å². The van der Waals surface area contributed by atoms with Crippen molar-refractivity contribution in [3.63, 3.8) is 0 Å². The Morgan fingerprint density at radius 2 is 2.17 bits per heavy atom. The van der Waals surface area contributed by atoms with Crippen molar-refractivity contribution in [1.82, 2.24) is 15.0 Å². The molecule has 6 nitrogen and oxygen atoms in total. The van der Waals surface area contributed by atoms with E-state index in [-0.39, 0.29) is 0 Å². The molecule has 0 aromatic carbocycles. The maximum Gasteiger partial charge on any atom is 0.156 e. The van der Waals surface area contributed by atoms with E-state index in [2.05, 4.69) is 33.3 Å². The summed E-state index contributed by atoms with van der Waals surface area (Å²) >= 11 is 0. The Kier molecular flexibility index (Phi) is 5.37. The van der Waals surface area contributed by atoms with Crippen LogP contribution in [0.5, 0.6) is 0 Å². The van der Waals surface area contributed by atoms with Crippen LogP contribution in [0.2, 0.25) is 0 Å². The Morgan fingerprint density at radius 1 is 1.29 bits per heavy atom. The molecule has 24 heavy (non-hydrogen) atoms. The summed E-state index contributed by atoms with van der Waals surface area (Å²) in [6, 6.07) is 4.12. The lowest BCUT2D eigenvalue weighted by Gasteiger charge is -2.13. The van der Waals surface area contributed by atoms with E-state index in [4.69, 9.17) is 9.47 Å². The number of methoxy groups -OCH3 is 1. The van der Waals surface area contributed by atoms with Gasteiger partial charge in [0.15, 0.2) is 5.82 Å². The third kappa shape index (κ3) is 4.07. The molecule has 0 saturated carbocycles. The molecular weight excluding hydrogens is 304 g/mol. The number of hydrogen-bond acceptors (Lipinski definition) is 6. The maximum absolute atomic E-state index is 5.49. The number of hydrogen-bond donors (Lipinski definition) is 1. The number of nitrogens with zero attached hydrogens (tertiary/aromatic N) is 3. The van der Waals surface area contributed by atoms with Crippen molar-refractivity contribution in [2.45, 2.75) is 39.3 Å². The highest BCUT2D eigenvalue weighted by Gasteiger charge is 2.20. The summed E-state index contributed by atoms with van der Waals surface area (Å²) in [6.07, 6.45) is 2.92. The van der Waals surface area contributed by atoms with Gasteiger partial charge in [0.2, 0.25) is 0 Å². The van der Waals surface area contributed by atoms with Crippen molar-refractivity contribution in [3.05, 3.63) is 46.7 Å². The summed E-state index contributed by atoms with van der Waals surface area (Å²) in [5, 5.41) is 3.40. The fourth-order valence-corrected chi connectivity index (χ4v) is 2.87. The first-order chi connectivity index (χ1) is 11.7. The molecule has 3 rings (SSSR count). The van der Waals surface area contributed by atoms with Gasteiger partial charge >= 0.3 is 0 Å². The zero-order chi connectivity index (χ0) is 16.9. The zero-order valence-corrected chi connectivity index (χ0v) is 14.5. The quantitative estimate of drug-likeness (QED) is 0.879. The monoisotopic (exact) mass is 328 g/mol. The van der Waals surface area contributed by atoms with E-state index in [1.165, 1.54) is 11.1 Å². The number of aromatic nitrogens is 3. The van der Waals surface area contributed by atoms with E-state index in [0.29, 0.717) is 24.9 Å². The Labute approximate surface area is 142 Å². The molecule has 128 valence electrons. The van der Waals surface area contributed by atoms with Gasteiger partial charge in [0.1, 0.15) is 12.4 Å². The second-order valence-corrected chi connectivity index (χ2v) is 6.19. The van der Waals surface area contributed by atoms with Crippen molar-refractivity contribution in [2.24, 2.45) is 0 Å². The van der Waals surface area contributed by atoms with Gasteiger partial charge in [0.25, 0.3) is 0 Å². The number of anilines is 1. The molecule has 1 fully saturated rings. The first-order valence-corrected chi connectivity index (χ1v) is 8.26. The number of pyridine rings is 1. The van der Waals surface area contributed by atoms with Crippen LogP contribution in [0.25, 0.3) is 0 Å². The minimum atomic E-state index is 0.340. The molecule has 2 aromatic heterocycles. The molecule has 1 aliphatic rings. The van der Waals surface area contributed by atoms with E-state index < -0.39 is 0 Å². The summed E-state index contributed by atoms with van der Waals surface area (Å²) in [7, 11) is 1.66. The fourth-order valence-electron chi connectivity index (χ4n) is 2.87. The third-order valence-electron chi connectivity index (χ3n) is 4.23. The van der Waals surface area contributed by atoms with Crippen LogP contribution in [0.15, 0.2) is 18.3 Å². The van der Waals surface area contributed by atoms with Gasteiger partial charge in [-0.3, -0.25) is 4.98 Å². The van der Waals surface area contributed by atoms with E-state index in [1.807, 2.05) is 19.2 Å². The van der Waals surface area contributed by atoms with Crippen LogP contribution < -0.4 is 5.32 Å². The molecule has 2 aromatic rings. The zero-order valence-electron chi connectivity index (χ0n) is 14.5. The molecule has 0 amide bonds. The molecule has 1 N–H and O–H groups in total. The van der Waals surface area contributed by atoms with E-state index in [0.717, 1.165) is 36.8 Å². The molecule has 0 unspecified atom stereocenters. The van der Waals surface area contributed by atoms with Gasteiger partial charge in [-0.1, -0.05) is 0 Å². The van der Waals surface area contributed by atoms with Crippen molar-refractivity contribution >= 4 is 5.82 Å². The molecule has 1 saturated heterocycles. The van der Waals surface area contributed by atoms with Crippen LogP contribution in [0.1, 0.15) is 40.7 Å². The summed E-state index contributed by atoms with van der Waals surface area (Å²) in [4.78, 5) is 13.5. The number of nitrogens with one attached hydrogen (secondary N) is 1. The van der Waals surface area contributed by atoms with Gasteiger partial charge in [-0.05, 0) is 37.5 Å².